The largest absolute Gasteiger partial charge is 0.396 e. The van der Waals surface area contributed by atoms with Crippen LogP contribution in [-0.4, -0.2) is 4.98 Å². The fraction of sp³-hybridized carbons (Fsp3) is 0.154. The van der Waals surface area contributed by atoms with Crippen LogP contribution in [0, 0.1) is 13.8 Å². The Labute approximate surface area is 106 Å². The van der Waals surface area contributed by atoms with E-state index in [0.717, 1.165) is 16.8 Å². The lowest BCUT2D eigenvalue weighted by atomic mass is 10.2. The van der Waals surface area contributed by atoms with E-state index in [1.54, 1.807) is 6.20 Å². The summed E-state index contributed by atoms with van der Waals surface area (Å²) >= 11 is 6.14. The standard InChI is InChI=1S/C13H14ClN3/c1-8-6-7-16-13(11(8)15)17-12-9(2)4-3-5-10(12)14/h3-7H,15H2,1-2H3,(H,16,17). The molecule has 0 fully saturated rings. The molecular formula is C13H14ClN3. The highest BCUT2D eigenvalue weighted by Gasteiger charge is 2.08. The number of rotatable bonds is 2. The molecule has 3 N–H and O–H groups in total. The van der Waals surface area contributed by atoms with Crippen molar-refractivity contribution in [3.8, 4) is 0 Å². The number of hydrogen-bond acceptors (Lipinski definition) is 3. The van der Waals surface area contributed by atoms with E-state index in [-0.39, 0.29) is 0 Å². The Morgan fingerprint density at radius 2 is 1.94 bits per heavy atom. The highest BCUT2D eigenvalue weighted by Crippen LogP contribution is 2.30. The molecule has 1 heterocycles. The van der Waals surface area contributed by atoms with Gasteiger partial charge in [-0.2, -0.15) is 0 Å². The number of nitrogens with zero attached hydrogens (tertiary/aromatic N) is 1. The zero-order chi connectivity index (χ0) is 12.4. The first-order chi connectivity index (χ1) is 8.09. The summed E-state index contributed by atoms with van der Waals surface area (Å²) in [7, 11) is 0. The highest BCUT2D eigenvalue weighted by molar-refractivity contribution is 6.33. The zero-order valence-corrected chi connectivity index (χ0v) is 10.5. The molecule has 1 aromatic carbocycles. The van der Waals surface area contributed by atoms with Gasteiger partial charge in [-0.15, -0.1) is 0 Å². The van der Waals surface area contributed by atoms with Gasteiger partial charge in [-0.3, -0.25) is 0 Å². The Hall–Kier alpha value is -1.74. The van der Waals surface area contributed by atoms with Gasteiger partial charge in [-0.05, 0) is 37.1 Å². The van der Waals surface area contributed by atoms with Gasteiger partial charge in [0.1, 0.15) is 0 Å². The minimum atomic E-state index is 0.640. The second-order valence-corrected chi connectivity index (χ2v) is 4.35. The van der Waals surface area contributed by atoms with Crippen LogP contribution in [0.1, 0.15) is 11.1 Å². The molecule has 2 aromatic rings. The van der Waals surface area contributed by atoms with Crippen LogP contribution in [0.4, 0.5) is 17.2 Å². The van der Waals surface area contributed by atoms with E-state index in [2.05, 4.69) is 10.3 Å². The summed E-state index contributed by atoms with van der Waals surface area (Å²) in [6, 6.07) is 7.61. The summed E-state index contributed by atoms with van der Waals surface area (Å²) in [5, 5.41) is 3.84. The monoisotopic (exact) mass is 247 g/mol. The molecule has 2 rings (SSSR count). The molecule has 0 saturated carbocycles. The molecule has 0 saturated heterocycles. The summed E-state index contributed by atoms with van der Waals surface area (Å²) < 4.78 is 0. The Morgan fingerprint density at radius 1 is 1.18 bits per heavy atom. The van der Waals surface area contributed by atoms with Gasteiger partial charge in [0, 0.05) is 6.20 Å². The van der Waals surface area contributed by atoms with Gasteiger partial charge in [0.15, 0.2) is 5.82 Å². The predicted octanol–water partition coefficient (Wildman–Crippen LogP) is 3.68. The lowest BCUT2D eigenvalue weighted by molar-refractivity contribution is 1.27. The summed E-state index contributed by atoms with van der Waals surface area (Å²) in [4.78, 5) is 4.22. The van der Waals surface area contributed by atoms with E-state index in [0.29, 0.717) is 16.5 Å². The maximum atomic E-state index is 6.14. The first-order valence-corrected chi connectivity index (χ1v) is 5.70. The van der Waals surface area contributed by atoms with Crippen molar-refractivity contribution in [2.75, 3.05) is 11.1 Å². The van der Waals surface area contributed by atoms with Crippen molar-refractivity contribution in [1.29, 1.82) is 0 Å². The second-order valence-electron chi connectivity index (χ2n) is 3.95. The van der Waals surface area contributed by atoms with E-state index in [1.807, 2.05) is 38.1 Å². The molecule has 0 aliphatic heterocycles. The summed E-state index contributed by atoms with van der Waals surface area (Å²) in [5.41, 5.74) is 9.50. The summed E-state index contributed by atoms with van der Waals surface area (Å²) in [5.74, 6) is 0.640. The van der Waals surface area contributed by atoms with E-state index in [1.165, 1.54) is 0 Å². The van der Waals surface area contributed by atoms with E-state index < -0.39 is 0 Å². The first kappa shape index (κ1) is 11.7. The van der Waals surface area contributed by atoms with Crippen molar-refractivity contribution in [3.63, 3.8) is 0 Å². The Balaban J connectivity index is 2.42. The number of halogens is 1. The Bertz CT molecular complexity index is 532. The molecule has 0 aliphatic rings. The van der Waals surface area contributed by atoms with Crippen LogP contribution >= 0.6 is 11.6 Å². The third-order valence-electron chi connectivity index (χ3n) is 2.67. The van der Waals surface area contributed by atoms with Crippen LogP contribution in [0.3, 0.4) is 0 Å². The molecule has 88 valence electrons. The highest BCUT2D eigenvalue weighted by atomic mass is 35.5. The van der Waals surface area contributed by atoms with Crippen molar-refractivity contribution < 1.29 is 0 Å². The number of benzene rings is 1. The van der Waals surface area contributed by atoms with Crippen LogP contribution in [-0.2, 0) is 0 Å². The molecule has 0 radical (unpaired) electrons. The van der Waals surface area contributed by atoms with Gasteiger partial charge in [0.25, 0.3) is 0 Å². The molecule has 4 heteroatoms. The van der Waals surface area contributed by atoms with Crippen LogP contribution < -0.4 is 11.1 Å². The molecule has 0 aliphatic carbocycles. The Morgan fingerprint density at radius 3 is 2.65 bits per heavy atom. The maximum Gasteiger partial charge on any atom is 0.153 e. The number of anilines is 3. The lowest BCUT2D eigenvalue weighted by Crippen LogP contribution is -2.02. The molecule has 1 aromatic heterocycles. The zero-order valence-electron chi connectivity index (χ0n) is 9.79. The van der Waals surface area contributed by atoms with Crippen molar-refractivity contribution in [1.82, 2.24) is 4.98 Å². The van der Waals surface area contributed by atoms with E-state index in [9.17, 15) is 0 Å². The van der Waals surface area contributed by atoms with Crippen molar-refractivity contribution >= 4 is 28.8 Å². The smallest absolute Gasteiger partial charge is 0.153 e. The van der Waals surface area contributed by atoms with Crippen molar-refractivity contribution in [2.45, 2.75) is 13.8 Å². The van der Waals surface area contributed by atoms with Gasteiger partial charge >= 0.3 is 0 Å². The Kier molecular flexibility index (Phi) is 3.20. The third kappa shape index (κ3) is 2.34. The van der Waals surface area contributed by atoms with Gasteiger partial charge in [0.05, 0.1) is 16.4 Å². The number of pyridine rings is 1. The average Bonchev–Trinajstić information content (AvgIpc) is 2.29. The number of nitrogens with two attached hydrogens (primary N) is 1. The molecule has 0 spiro atoms. The maximum absolute atomic E-state index is 6.14. The molecule has 0 unspecified atom stereocenters. The van der Waals surface area contributed by atoms with Crippen LogP contribution in [0.2, 0.25) is 5.02 Å². The van der Waals surface area contributed by atoms with Gasteiger partial charge < -0.3 is 11.1 Å². The average molecular weight is 248 g/mol. The fourth-order valence-corrected chi connectivity index (χ4v) is 1.85. The molecule has 0 bridgehead atoms. The minimum Gasteiger partial charge on any atom is -0.396 e. The van der Waals surface area contributed by atoms with Gasteiger partial charge in [-0.1, -0.05) is 23.7 Å². The number of aryl methyl sites for hydroxylation is 2. The number of hydrogen-bond donors (Lipinski definition) is 2. The molecule has 0 amide bonds. The third-order valence-corrected chi connectivity index (χ3v) is 2.99. The summed E-state index contributed by atoms with van der Waals surface area (Å²) in [6.45, 7) is 3.93. The van der Waals surface area contributed by atoms with Crippen LogP contribution in [0.15, 0.2) is 30.5 Å². The topological polar surface area (TPSA) is 50.9 Å². The molecule has 17 heavy (non-hydrogen) atoms. The summed E-state index contributed by atoms with van der Waals surface area (Å²) in [6.07, 6.45) is 1.72. The van der Waals surface area contributed by atoms with Gasteiger partial charge in [-0.25, -0.2) is 4.98 Å². The number of nitrogen functional groups attached to an aromatic ring is 1. The number of aromatic nitrogens is 1. The first-order valence-electron chi connectivity index (χ1n) is 5.33. The molecule has 3 nitrogen and oxygen atoms in total. The minimum absolute atomic E-state index is 0.640. The van der Waals surface area contributed by atoms with Crippen molar-refractivity contribution in [2.24, 2.45) is 0 Å². The molecule has 0 atom stereocenters. The van der Waals surface area contributed by atoms with Crippen LogP contribution in [0.5, 0.6) is 0 Å². The number of nitrogens with one attached hydrogen (secondary N) is 1. The van der Waals surface area contributed by atoms with Gasteiger partial charge in [0.2, 0.25) is 0 Å². The van der Waals surface area contributed by atoms with Crippen LogP contribution in [0.25, 0.3) is 0 Å². The predicted molar refractivity (Wildman–Crippen MR) is 72.9 cm³/mol. The molecular weight excluding hydrogens is 234 g/mol. The van der Waals surface area contributed by atoms with Crippen molar-refractivity contribution in [3.05, 3.63) is 46.6 Å². The van der Waals surface area contributed by atoms with E-state index >= 15 is 0 Å². The second kappa shape index (κ2) is 4.63. The normalized spacial score (nSPS) is 10.3. The lowest BCUT2D eigenvalue weighted by Gasteiger charge is -2.13. The number of para-hydroxylation sites is 1. The fourth-order valence-electron chi connectivity index (χ4n) is 1.58. The quantitative estimate of drug-likeness (QED) is 0.851. The van der Waals surface area contributed by atoms with E-state index in [4.69, 9.17) is 17.3 Å². The SMILES string of the molecule is Cc1ccnc(Nc2c(C)cccc2Cl)c1N.